The van der Waals surface area contributed by atoms with E-state index in [1.165, 1.54) is 12.1 Å². The lowest BCUT2D eigenvalue weighted by molar-refractivity contribution is -0.277. The molecule has 1 fully saturated rings. The lowest BCUT2D eigenvalue weighted by Crippen LogP contribution is -2.60. The van der Waals surface area contributed by atoms with E-state index in [1.54, 1.807) is 12.1 Å². The first kappa shape index (κ1) is 19.6. The Kier molecular flexibility index (Phi) is 5.35. The van der Waals surface area contributed by atoms with Crippen molar-refractivity contribution in [3.63, 3.8) is 0 Å². The highest BCUT2D eigenvalue weighted by atomic mass is 16.7. The fraction of sp³-hybridized carbons (Fsp3) is 0.286. The van der Waals surface area contributed by atoms with Crippen molar-refractivity contribution in [3.8, 4) is 16.9 Å². The second-order valence-corrected chi connectivity index (χ2v) is 6.82. The van der Waals surface area contributed by atoms with E-state index in [0.29, 0.717) is 10.9 Å². The first-order chi connectivity index (χ1) is 14.0. The van der Waals surface area contributed by atoms with Gasteiger partial charge in [0.05, 0.1) is 6.61 Å². The number of hydrogen-bond donors (Lipinski definition) is 4. The topological polar surface area (TPSA) is 130 Å². The molecule has 1 aromatic heterocycles. The molecule has 8 heteroatoms. The molecule has 0 amide bonds. The Labute approximate surface area is 165 Å². The molecule has 5 atom stereocenters. The summed E-state index contributed by atoms with van der Waals surface area (Å²) < 4.78 is 16.2. The molecule has 29 heavy (non-hydrogen) atoms. The van der Waals surface area contributed by atoms with Crippen LogP contribution in [-0.2, 0) is 4.74 Å². The number of hydrogen-bond acceptors (Lipinski definition) is 8. The Morgan fingerprint density at radius 3 is 2.41 bits per heavy atom. The largest absolute Gasteiger partial charge is 0.462 e. The van der Waals surface area contributed by atoms with Crippen LogP contribution in [0.3, 0.4) is 0 Å². The molecule has 0 saturated carbocycles. The molecule has 2 heterocycles. The minimum atomic E-state index is -1.55. The van der Waals surface area contributed by atoms with Gasteiger partial charge < -0.3 is 34.3 Å². The van der Waals surface area contributed by atoms with Crippen LogP contribution in [0.4, 0.5) is 0 Å². The van der Waals surface area contributed by atoms with Gasteiger partial charge in [-0.15, -0.1) is 0 Å². The van der Waals surface area contributed by atoms with Crippen molar-refractivity contribution in [1.29, 1.82) is 0 Å². The average Bonchev–Trinajstić information content (AvgIpc) is 2.74. The van der Waals surface area contributed by atoms with Gasteiger partial charge in [-0.3, -0.25) is 0 Å². The maximum atomic E-state index is 12.0. The molecule has 0 spiro atoms. The van der Waals surface area contributed by atoms with E-state index in [-0.39, 0.29) is 11.3 Å². The minimum absolute atomic E-state index is 0.218. The highest BCUT2D eigenvalue weighted by molar-refractivity contribution is 5.93. The fourth-order valence-electron chi connectivity index (χ4n) is 3.37. The zero-order valence-corrected chi connectivity index (χ0v) is 15.2. The third-order valence-corrected chi connectivity index (χ3v) is 4.90. The SMILES string of the molecule is O=c1cc(-c2ccccc2)c2ccc(O[C@H]3O[C@@H](CO)[C@H](O)[C@@H](O)[C@@H]3O)cc2o1. The summed E-state index contributed by atoms with van der Waals surface area (Å²) in [6.45, 7) is -0.558. The third kappa shape index (κ3) is 3.76. The molecule has 0 aliphatic carbocycles. The summed E-state index contributed by atoms with van der Waals surface area (Å²) in [5.41, 5.74) is 1.31. The van der Waals surface area contributed by atoms with Gasteiger partial charge in [0.25, 0.3) is 0 Å². The number of ether oxygens (including phenoxy) is 2. The van der Waals surface area contributed by atoms with Gasteiger partial charge in [-0.05, 0) is 23.3 Å². The maximum absolute atomic E-state index is 12.0. The maximum Gasteiger partial charge on any atom is 0.336 e. The Morgan fingerprint density at radius 1 is 0.931 bits per heavy atom. The smallest absolute Gasteiger partial charge is 0.336 e. The van der Waals surface area contributed by atoms with Gasteiger partial charge in [-0.2, -0.15) is 0 Å². The average molecular weight is 400 g/mol. The van der Waals surface area contributed by atoms with Crippen LogP contribution in [0.15, 0.2) is 63.8 Å². The molecule has 1 aliphatic heterocycles. The van der Waals surface area contributed by atoms with Crippen molar-refractivity contribution >= 4 is 11.0 Å². The van der Waals surface area contributed by atoms with Gasteiger partial charge in [-0.25, -0.2) is 4.79 Å². The van der Waals surface area contributed by atoms with Crippen molar-refractivity contribution in [1.82, 2.24) is 0 Å². The van der Waals surface area contributed by atoms with Crippen molar-refractivity contribution in [2.45, 2.75) is 30.7 Å². The van der Waals surface area contributed by atoms with Crippen molar-refractivity contribution in [2.75, 3.05) is 6.61 Å². The van der Waals surface area contributed by atoms with E-state index in [9.17, 15) is 25.2 Å². The molecule has 1 saturated heterocycles. The highest BCUT2D eigenvalue weighted by Crippen LogP contribution is 2.31. The number of fused-ring (bicyclic) bond motifs is 1. The number of aliphatic hydroxyl groups is 4. The van der Waals surface area contributed by atoms with Gasteiger partial charge in [0.1, 0.15) is 35.7 Å². The van der Waals surface area contributed by atoms with Gasteiger partial charge in [0.15, 0.2) is 0 Å². The first-order valence-corrected chi connectivity index (χ1v) is 9.08. The number of benzene rings is 2. The van der Waals surface area contributed by atoms with Crippen molar-refractivity contribution in [2.24, 2.45) is 0 Å². The number of aliphatic hydroxyl groups excluding tert-OH is 4. The quantitative estimate of drug-likeness (QED) is 0.470. The molecule has 1 aliphatic rings. The van der Waals surface area contributed by atoms with Crippen LogP contribution in [0, 0.1) is 0 Å². The Hall–Kier alpha value is -2.75. The van der Waals surface area contributed by atoms with Crippen LogP contribution in [0.1, 0.15) is 0 Å². The summed E-state index contributed by atoms with van der Waals surface area (Å²) in [7, 11) is 0. The summed E-state index contributed by atoms with van der Waals surface area (Å²) in [6, 6.07) is 15.6. The Bertz CT molecular complexity index is 1050. The van der Waals surface area contributed by atoms with Crippen molar-refractivity contribution < 1.29 is 34.3 Å². The zero-order chi connectivity index (χ0) is 20.5. The standard InChI is InChI=1S/C21H20O8/c22-10-16-18(24)19(25)20(26)21(29-16)27-12-6-7-13-14(11-4-2-1-3-5-11)9-17(23)28-15(13)8-12/h1-9,16,18-22,24-26H,10H2/t16-,18-,19+,20-,21-/m0/s1. The van der Waals surface area contributed by atoms with E-state index < -0.39 is 42.9 Å². The fourth-order valence-corrected chi connectivity index (χ4v) is 3.37. The third-order valence-electron chi connectivity index (χ3n) is 4.90. The van der Waals surface area contributed by atoms with Gasteiger partial charge in [0.2, 0.25) is 6.29 Å². The molecular weight excluding hydrogens is 380 g/mol. The van der Waals surface area contributed by atoms with E-state index in [0.717, 1.165) is 5.56 Å². The molecule has 3 aromatic rings. The van der Waals surface area contributed by atoms with Crippen LogP contribution in [0.25, 0.3) is 22.1 Å². The van der Waals surface area contributed by atoms with Crippen LogP contribution in [0.2, 0.25) is 0 Å². The van der Waals surface area contributed by atoms with Crippen LogP contribution >= 0.6 is 0 Å². The molecule has 0 bridgehead atoms. The van der Waals surface area contributed by atoms with E-state index in [1.807, 2.05) is 30.3 Å². The van der Waals surface area contributed by atoms with Crippen LogP contribution < -0.4 is 10.4 Å². The predicted molar refractivity (Wildman–Crippen MR) is 102 cm³/mol. The molecule has 4 rings (SSSR count). The molecule has 8 nitrogen and oxygen atoms in total. The second kappa shape index (κ2) is 7.94. The lowest BCUT2D eigenvalue weighted by atomic mass is 9.99. The lowest BCUT2D eigenvalue weighted by Gasteiger charge is -2.39. The Morgan fingerprint density at radius 2 is 1.69 bits per heavy atom. The van der Waals surface area contributed by atoms with E-state index >= 15 is 0 Å². The normalized spacial score (nSPS) is 27.1. The zero-order valence-electron chi connectivity index (χ0n) is 15.2. The molecule has 0 radical (unpaired) electrons. The van der Waals surface area contributed by atoms with Crippen molar-refractivity contribution in [3.05, 3.63) is 65.0 Å². The summed E-state index contributed by atoms with van der Waals surface area (Å²) in [6.07, 6.45) is -6.97. The minimum Gasteiger partial charge on any atom is -0.462 e. The summed E-state index contributed by atoms with van der Waals surface area (Å²) >= 11 is 0. The Balaban J connectivity index is 1.67. The summed E-state index contributed by atoms with van der Waals surface area (Å²) in [4.78, 5) is 12.0. The van der Waals surface area contributed by atoms with Crippen LogP contribution in [0.5, 0.6) is 5.75 Å². The monoisotopic (exact) mass is 400 g/mol. The first-order valence-electron chi connectivity index (χ1n) is 9.08. The summed E-state index contributed by atoms with van der Waals surface area (Å²) in [5, 5.41) is 39.8. The predicted octanol–water partition coefficient (Wildman–Crippen LogP) is 0.639. The van der Waals surface area contributed by atoms with Crippen LogP contribution in [-0.4, -0.2) is 57.7 Å². The summed E-state index contributed by atoms with van der Waals surface area (Å²) in [5.74, 6) is 0.218. The van der Waals surface area contributed by atoms with E-state index in [2.05, 4.69) is 0 Å². The van der Waals surface area contributed by atoms with Gasteiger partial charge >= 0.3 is 5.63 Å². The van der Waals surface area contributed by atoms with Gasteiger partial charge in [0, 0.05) is 17.5 Å². The molecule has 4 N–H and O–H groups in total. The molecule has 0 unspecified atom stereocenters. The molecule has 2 aromatic carbocycles. The second-order valence-electron chi connectivity index (χ2n) is 6.82. The molecule has 152 valence electrons. The highest BCUT2D eigenvalue weighted by Gasteiger charge is 2.44. The van der Waals surface area contributed by atoms with E-state index in [4.69, 9.17) is 13.9 Å². The van der Waals surface area contributed by atoms with Gasteiger partial charge in [-0.1, -0.05) is 30.3 Å². The molecular formula is C21H20O8. The number of rotatable bonds is 4.